The van der Waals surface area contributed by atoms with Crippen LogP contribution >= 0.6 is 11.8 Å². The Morgan fingerprint density at radius 3 is 2.46 bits per heavy atom. The maximum atomic E-state index is 13.8. The van der Waals surface area contributed by atoms with E-state index in [1.807, 2.05) is 6.26 Å². The van der Waals surface area contributed by atoms with Crippen molar-refractivity contribution in [3.63, 3.8) is 0 Å². The smallest absolute Gasteiger partial charge is 0.326 e. The molecule has 0 aliphatic heterocycles. The Bertz CT molecular complexity index is 1330. The van der Waals surface area contributed by atoms with Gasteiger partial charge in [0.25, 0.3) is 0 Å². The molecule has 5 unspecified atom stereocenters. The number of thioether (sulfide) groups is 1. The van der Waals surface area contributed by atoms with Gasteiger partial charge in [0.2, 0.25) is 17.6 Å². The van der Waals surface area contributed by atoms with Crippen LogP contribution in [-0.2, 0) is 38.3 Å². The number of ketones is 3. The lowest BCUT2D eigenvalue weighted by molar-refractivity contribution is -0.173. The summed E-state index contributed by atoms with van der Waals surface area (Å²) in [6.07, 6.45) is 6.26. The minimum atomic E-state index is -1.85. The number of aliphatic hydroxyl groups is 1. The van der Waals surface area contributed by atoms with Crippen LogP contribution in [0.5, 0.6) is 0 Å². The highest BCUT2D eigenvalue weighted by Crippen LogP contribution is 2.66. The number of nitrogens with one attached hydrogen (secondary N) is 2. The van der Waals surface area contributed by atoms with Gasteiger partial charge >= 0.3 is 11.9 Å². The van der Waals surface area contributed by atoms with Crippen molar-refractivity contribution in [2.45, 2.75) is 103 Å². The zero-order chi connectivity index (χ0) is 34.0. The lowest BCUT2D eigenvalue weighted by Gasteiger charge is -2.57. The number of amides is 2. The molecule has 4 N–H and O–H groups in total. The molecule has 0 aromatic carbocycles. The molecule has 4 rings (SSSR count). The third kappa shape index (κ3) is 6.81. The number of rotatable bonds is 13. The van der Waals surface area contributed by atoms with E-state index in [4.69, 9.17) is 4.74 Å². The summed E-state index contributed by atoms with van der Waals surface area (Å²) in [4.78, 5) is 87.8. The van der Waals surface area contributed by atoms with Gasteiger partial charge in [0.05, 0.1) is 6.42 Å². The Kier molecular flexibility index (Phi) is 10.9. The second-order valence-electron chi connectivity index (χ2n) is 13.9. The van der Waals surface area contributed by atoms with Gasteiger partial charge in [-0.1, -0.05) is 19.4 Å². The van der Waals surface area contributed by atoms with Crippen LogP contribution in [0.2, 0.25) is 0 Å². The fourth-order valence-electron chi connectivity index (χ4n) is 8.57. The molecular weight excluding hydrogens is 616 g/mol. The van der Waals surface area contributed by atoms with E-state index < -0.39 is 64.7 Å². The quantitative estimate of drug-likeness (QED) is 0.211. The van der Waals surface area contributed by atoms with Crippen molar-refractivity contribution in [1.82, 2.24) is 10.6 Å². The van der Waals surface area contributed by atoms with Crippen molar-refractivity contribution in [3.05, 3.63) is 11.6 Å². The predicted octanol–water partition coefficient (Wildman–Crippen LogP) is 2.15. The summed E-state index contributed by atoms with van der Waals surface area (Å²) in [6, 6.07) is -2.13. The van der Waals surface area contributed by atoms with E-state index in [-0.39, 0.29) is 61.4 Å². The van der Waals surface area contributed by atoms with Crippen LogP contribution in [0.25, 0.3) is 0 Å². The molecule has 254 valence electrons. The number of esters is 1. The Hall–Kier alpha value is -3.06. The number of hydrogen-bond acceptors (Lipinski definition) is 10. The fraction of sp³-hybridized carbons (Fsp3) is 0.727. The topological polar surface area (TPSA) is 193 Å². The molecule has 4 aliphatic rings. The molecule has 8 atom stereocenters. The highest BCUT2D eigenvalue weighted by molar-refractivity contribution is 7.98. The molecule has 0 aromatic heterocycles. The van der Waals surface area contributed by atoms with Crippen LogP contribution < -0.4 is 10.6 Å². The maximum absolute atomic E-state index is 13.8. The third-order valence-corrected chi connectivity index (χ3v) is 11.8. The third-order valence-electron chi connectivity index (χ3n) is 11.2. The number of aliphatic carboxylic acids is 1. The number of carboxylic acids is 1. The van der Waals surface area contributed by atoms with Crippen LogP contribution in [0, 0.1) is 28.6 Å². The van der Waals surface area contributed by atoms with Gasteiger partial charge in [0, 0.05) is 30.6 Å². The van der Waals surface area contributed by atoms with Crippen molar-refractivity contribution in [2.75, 3.05) is 18.6 Å². The number of carboxylic acid groups (broad SMARTS) is 1. The molecular formula is C33H46N2O10S. The van der Waals surface area contributed by atoms with E-state index in [0.717, 1.165) is 5.57 Å². The molecule has 0 aromatic rings. The summed E-state index contributed by atoms with van der Waals surface area (Å²) in [6.45, 7) is 4.57. The van der Waals surface area contributed by atoms with Gasteiger partial charge in [0.1, 0.15) is 23.5 Å². The Morgan fingerprint density at radius 2 is 1.78 bits per heavy atom. The zero-order valence-corrected chi connectivity index (χ0v) is 27.8. The van der Waals surface area contributed by atoms with Crippen molar-refractivity contribution in [1.29, 1.82) is 0 Å². The molecule has 0 saturated heterocycles. The van der Waals surface area contributed by atoms with E-state index in [1.54, 1.807) is 13.0 Å². The minimum absolute atomic E-state index is 0.00341. The SMILES string of the molecule is CSCCC(NC(=O)C(C)NC(=O)CCC(=O)OCC(=O)[C@@]1(O)CCC2C3CCC4=CC(=O)CC[C@]4(C)C3C(=O)C[C@@]21C)C(=O)O. The van der Waals surface area contributed by atoms with E-state index in [2.05, 4.69) is 17.6 Å². The molecule has 2 amide bonds. The first-order chi connectivity index (χ1) is 21.6. The number of ether oxygens (including phenoxy) is 1. The van der Waals surface area contributed by atoms with E-state index in [1.165, 1.54) is 18.7 Å². The van der Waals surface area contributed by atoms with Crippen LogP contribution in [0.1, 0.15) is 85.0 Å². The van der Waals surface area contributed by atoms with Gasteiger partial charge in [-0.05, 0) is 80.8 Å². The van der Waals surface area contributed by atoms with Crippen molar-refractivity contribution >= 4 is 52.9 Å². The molecule has 3 saturated carbocycles. The number of allylic oxidation sites excluding steroid dienone is 1. The first-order valence-electron chi connectivity index (χ1n) is 16.1. The molecule has 4 aliphatic carbocycles. The normalized spacial score (nSPS) is 33.0. The first kappa shape index (κ1) is 35.8. The van der Waals surface area contributed by atoms with Gasteiger partial charge in [0.15, 0.2) is 12.4 Å². The Balaban J connectivity index is 1.29. The summed E-state index contributed by atoms with van der Waals surface area (Å²) in [5.41, 5.74) is -2.21. The first-order valence-corrected chi connectivity index (χ1v) is 17.5. The maximum Gasteiger partial charge on any atom is 0.326 e. The molecule has 46 heavy (non-hydrogen) atoms. The van der Waals surface area contributed by atoms with Gasteiger partial charge in [-0.2, -0.15) is 11.8 Å². The zero-order valence-electron chi connectivity index (χ0n) is 27.0. The average Bonchev–Trinajstić information content (AvgIpc) is 3.27. The van der Waals surface area contributed by atoms with Crippen LogP contribution in [0.3, 0.4) is 0 Å². The second-order valence-corrected chi connectivity index (χ2v) is 14.8. The van der Waals surface area contributed by atoms with Gasteiger partial charge in [-0.25, -0.2) is 4.79 Å². The average molecular weight is 663 g/mol. The van der Waals surface area contributed by atoms with E-state index in [0.29, 0.717) is 37.9 Å². The standard InChI is InChI=1S/C33H46N2O10S/c1-18(29(41)35-23(30(42)43)11-14-46-4)34-26(39)7-8-27(40)45-17-25(38)33(44)13-10-22-21-6-5-19-15-20(36)9-12-31(19,2)28(21)24(37)16-32(22,33)3/h15,18,21-23,28,44H,5-14,16-17H2,1-4H3,(H,34,39)(H,35,41)(H,42,43)/t18?,21?,22?,23?,28?,31-,32-,33-/m0/s1. The molecule has 0 radical (unpaired) electrons. The molecule has 0 spiro atoms. The van der Waals surface area contributed by atoms with Gasteiger partial charge < -0.3 is 25.6 Å². The molecule has 13 heteroatoms. The fourth-order valence-corrected chi connectivity index (χ4v) is 9.04. The summed E-state index contributed by atoms with van der Waals surface area (Å²) in [5.74, 6) is -3.71. The summed E-state index contributed by atoms with van der Waals surface area (Å²) in [5, 5.41) is 25.9. The number of carbonyl (C=O) groups is 7. The molecule has 0 bridgehead atoms. The van der Waals surface area contributed by atoms with E-state index >= 15 is 0 Å². The number of carbonyl (C=O) groups excluding carboxylic acids is 6. The molecule has 0 heterocycles. The molecule has 12 nitrogen and oxygen atoms in total. The second kappa shape index (κ2) is 14.0. The monoisotopic (exact) mass is 662 g/mol. The number of fused-ring (bicyclic) bond motifs is 5. The summed E-state index contributed by atoms with van der Waals surface area (Å²) in [7, 11) is 0. The van der Waals surface area contributed by atoms with Crippen molar-refractivity contribution in [3.8, 4) is 0 Å². The van der Waals surface area contributed by atoms with Gasteiger partial charge in [-0.15, -0.1) is 0 Å². The number of hydrogen-bond donors (Lipinski definition) is 4. The summed E-state index contributed by atoms with van der Waals surface area (Å²) < 4.78 is 5.16. The summed E-state index contributed by atoms with van der Waals surface area (Å²) >= 11 is 1.44. The molecule has 3 fully saturated rings. The predicted molar refractivity (Wildman–Crippen MR) is 167 cm³/mol. The largest absolute Gasteiger partial charge is 0.480 e. The lowest BCUT2D eigenvalue weighted by Crippen LogP contribution is -2.61. The van der Waals surface area contributed by atoms with Crippen molar-refractivity contribution in [2.24, 2.45) is 28.6 Å². The minimum Gasteiger partial charge on any atom is -0.480 e. The van der Waals surface area contributed by atoms with E-state index in [9.17, 15) is 43.8 Å². The Labute approximate surface area is 273 Å². The van der Waals surface area contributed by atoms with Crippen LogP contribution in [0.4, 0.5) is 0 Å². The van der Waals surface area contributed by atoms with Gasteiger partial charge in [-0.3, -0.25) is 28.8 Å². The van der Waals surface area contributed by atoms with Crippen molar-refractivity contribution < 1.29 is 48.5 Å². The van der Waals surface area contributed by atoms with Crippen LogP contribution in [-0.4, -0.2) is 87.6 Å². The number of Topliss-reactive ketones (excluding diaryl/α,β-unsaturated/α-hetero) is 2. The van der Waals surface area contributed by atoms with Crippen LogP contribution in [0.15, 0.2) is 11.6 Å². The highest BCUT2D eigenvalue weighted by Gasteiger charge is 2.68. The Morgan fingerprint density at radius 1 is 1.07 bits per heavy atom. The lowest BCUT2D eigenvalue weighted by atomic mass is 9.46. The highest BCUT2D eigenvalue weighted by atomic mass is 32.2.